The van der Waals surface area contributed by atoms with Crippen molar-refractivity contribution in [2.45, 2.75) is 27.2 Å². The molecule has 0 rings (SSSR count). The summed E-state index contributed by atoms with van der Waals surface area (Å²) in [5.41, 5.74) is 5.73. The molecule has 0 saturated carbocycles. The molecule has 7 heteroatoms. The van der Waals surface area contributed by atoms with Gasteiger partial charge >= 0.3 is 12.1 Å². The maximum atomic E-state index is 11.6. The minimum Gasteiger partial charge on any atom is -0.460 e. The Bertz CT molecular complexity index is 340. The molecule has 0 aliphatic carbocycles. The number of hydrogen-bond acceptors (Lipinski definition) is 6. The fourth-order valence-corrected chi connectivity index (χ4v) is 1.40. The van der Waals surface area contributed by atoms with Gasteiger partial charge < -0.3 is 24.8 Å². The minimum absolute atomic E-state index is 0.134. The van der Waals surface area contributed by atoms with Gasteiger partial charge in [-0.15, -0.1) is 0 Å². The van der Waals surface area contributed by atoms with E-state index in [1.807, 2.05) is 20.8 Å². The maximum absolute atomic E-state index is 11.6. The Labute approximate surface area is 126 Å². The van der Waals surface area contributed by atoms with E-state index in [0.717, 1.165) is 12.5 Å². The van der Waals surface area contributed by atoms with Gasteiger partial charge in [0.2, 0.25) is 0 Å². The summed E-state index contributed by atoms with van der Waals surface area (Å²) >= 11 is 0. The molecule has 0 aromatic carbocycles. The van der Waals surface area contributed by atoms with Crippen LogP contribution < -0.4 is 5.73 Å². The van der Waals surface area contributed by atoms with Gasteiger partial charge in [0.05, 0.1) is 12.3 Å². The standard InChI is InChI=1S/C14H26N2O5/c1-4-7-19-8-9-20-13(17)10-12(15)11-21-14(18)16(5-2)6-3/h10H,4-9,11,15H2,1-3H3/b12-10-. The molecule has 0 atom stereocenters. The van der Waals surface area contributed by atoms with Crippen molar-refractivity contribution in [1.29, 1.82) is 0 Å². The quantitative estimate of drug-likeness (QED) is 0.371. The van der Waals surface area contributed by atoms with Gasteiger partial charge in [-0.2, -0.15) is 0 Å². The molecule has 0 saturated heterocycles. The molecule has 0 unspecified atom stereocenters. The second-order valence-electron chi connectivity index (χ2n) is 4.23. The van der Waals surface area contributed by atoms with E-state index in [1.54, 1.807) is 0 Å². The largest absolute Gasteiger partial charge is 0.460 e. The third-order valence-electron chi connectivity index (χ3n) is 2.51. The lowest BCUT2D eigenvalue weighted by atomic mass is 10.4. The molecule has 7 nitrogen and oxygen atoms in total. The zero-order chi connectivity index (χ0) is 16.1. The van der Waals surface area contributed by atoms with Crippen LogP contribution in [0.25, 0.3) is 0 Å². The summed E-state index contributed by atoms with van der Waals surface area (Å²) in [6.45, 7) is 7.82. The van der Waals surface area contributed by atoms with E-state index in [0.29, 0.717) is 26.3 Å². The van der Waals surface area contributed by atoms with Crippen molar-refractivity contribution in [3.63, 3.8) is 0 Å². The summed E-state index contributed by atoms with van der Waals surface area (Å²) in [5.74, 6) is -0.577. The van der Waals surface area contributed by atoms with Crippen LogP contribution in [0.15, 0.2) is 11.8 Å². The van der Waals surface area contributed by atoms with Gasteiger partial charge in [-0.05, 0) is 20.3 Å². The van der Waals surface area contributed by atoms with E-state index in [2.05, 4.69) is 0 Å². The van der Waals surface area contributed by atoms with E-state index >= 15 is 0 Å². The molecular formula is C14H26N2O5. The van der Waals surface area contributed by atoms with Gasteiger partial charge in [0.1, 0.15) is 13.2 Å². The fraction of sp³-hybridized carbons (Fsp3) is 0.714. The molecule has 122 valence electrons. The molecule has 2 N–H and O–H groups in total. The number of carbonyl (C=O) groups excluding carboxylic acids is 2. The van der Waals surface area contributed by atoms with Gasteiger partial charge in [-0.1, -0.05) is 6.92 Å². The summed E-state index contributed by atoms with van der Waals surface area (Å²) in [6.07, 6.45) is 1.56. The summed E-state index contributed by atoms with van der Waals surface area (Å²) < 4.78 is 15.0. The first kappa shape index (κ1) is 19.2. The Kier molecular flexibility index (Phi) is 11.0. The molecule has 0 radical (unpaired) electrons. The highest BCUT2D eigenvalue weighted by molar-refractivity contribution is 5.82. The summed E-state index contributed by atoms with van der Waals surface area (Å²) in [5, 5.41) is 0. The van der Waals surface area contributed by atoms with Crippen molar-refractivity contribution in [1.82, 2.24) is 4.90 Å². The molecule has 0 spiro atoms. The van der Waals surface area contributed by atoms with Crippen molar-refractivity contribution >= 4 is 12.1 Å². The highest BCUT2D eigenvalue weighted by atomic mass is 16.6. The normalized spacial score (nSPS) is 11.1. The van der Waals surface area contributed by atoms with Crippen LogP contribution in [-0.4, -0.2) is 56.5 Å². The van der Waals surface area contributed by atoms with Gasteiger partial charge in [0, 0.05) is 25.8 Å². The van der Waals surface area contributed by atoms with Crippen molar-refractivity contribution < 1.29 is 23.8 Å². The lowest BCUT2D eigenvalue weighted by Gasteiger charge is -2.17. The molecule has 0 aromatic heterocycles. The van der Waals surface area contributed by atoms with Crippen LogP contribution in [0.5, 0.6) is 0 Å². The Morgan fingerprint density at radius 2 is 1.71 bits per heavy atom. The van der Waals surface area contributed by atoms with E-state index < -0.39 is 12.1 Å². The number of nitrogens with two attached hydrogens (primary N) is 1. The number of rotatable bonds is 10. The number of hydrogen-bond donors (Lipinski definition) is 1. The molecule has 21 heavy (non-hydrogen) atoms. The molecule has 0 aliphatic rings. The summed E-state index contributed by atoms with van der Waals surface area (Å²) in [7, 11) is 0. The van der Waals surface area contributed by atoms with Gasteiger partial charge in [0.15, 0.2) is 0 Å². The fourth-order valence-electron chi connectivity index (χ4n) is 1.40. The van der Waals surface area contributed by atoms with Crippen molar-refractivity contribution in [3.8, 4) is 0 Å². The second kappa shape index (κ2) is 12.0. The molecular weight excluding hydrogens is 276 g/mol. The Balaban J connectivity index is 3.95. The van der Waals surface area contributed by atoms with E-state index in [1.165, 1.54) is 4.90 Å². The Morgan fingerprint density at radius 1 is 1.05 bits per heavy atom. The number of esters is 1. The SMILES string of the molecule is CCCOCCOC(=O)/C=C(\N)COC(=O)N(CC)CC. The van der Waals surface area contributed by atoms with Crippen molar-refractivity contribution in [2.24, 2.45) is 5.73 Å². The first-order valence-corrected chi connectivity index (χ1v) is 7.17. The second-order valence-corrected chi connectivity index (χ2v) is 4.23. The zero-order valence-electron chi connectivity index (χ0n) is 13.1. The van der Waals surface area contributed by atoms with Gasteiger partial charge in [0.25, 0.3) is 0 Å². The lowest BCUT2D eigenvalue weighted by molar-refractivity contribution is -0.139. The molecule has 0 fully saturated rings. The smallest absolute Gasteiger partial charge is 0.410 e. The predicted molar refractivity (Wildman–Crippen MR) is 78.6 cm³/mol. The topological polar surface area (TPSA) is 91.1 Å². The number of carbonyl (C=O) groups is 2. The summed E-state index contributed by atoms with van der Waals surface area (Å²) in [4.78, 5) is 24.5. The van der Waals surface area contributed by atoms with Crippen LogP contribution in [-0.2, 0) is 19.0 Å². The Hall–Kier alpha value is -1.76. The van der Waals surface area contributed by atoms with Crippen LogP contribution in [0, 0.1) is 0 Å². The molecule has 0 bridgehead atoms. The van der Waals surface area contributed by atoms with Crippen molar-refractivity contribution in [2.75, 3.05) is 39.5 Å². The Morgan fingerprint density at radius 3 is 2.29 bits per heavy atom. The van der Waals surface area contributed by atoms with E-state index in [-0.39, 0.29) is 18.9 Å². The minimum atomic E-state index is -0.577. The maximum Gasteiger partial charge on any atom is 0.410 e. The van der Waals surface area contributed by atoms with Crippen LogP contribution in [0.1, 0.15) is 27.2 Å². The third kappa shape index (κ3) is 9.73. The van der Waals surface area contributed by atoms with Gasteiger partial charge in [-0.25, -0.2) is 9.59 Å². The first-order valence-electron chi connectivity index (χ1n) is 7.17. The number of amides is 1. The first-order chi connectivity index (χ1) is 10.0. The third-order valence-corrected chi connectivity index (χ3v) is 2.51. The predicted octanol–water partition coefficient (Wildman–Crippen LogP) is 1.28. The zero-order valence-corrected chi connectivity index (χ0v) is 13.1. The number of ether oxygens (including phenoxy) is 3. The van der Waals surface area contributed by atoms with Crippen LogP contribution in [0.3, 0.4) is 0 Å². The van der Waals surface area contributed by atoms with Crippen molar-refractivity contribution in [3.05, 3.63) is 11.8 Å². The average molecular weight is 302 g/mol. The van der Waals surface area contributed by atoms with Gasteiger partial charge in [-0.3, -0.25) is 0 Å². The molecule has 0 aliphatic heterocycles. The van der Waals surface area contributed by atoms with Crippen LogP contribution >= 0.6 is 0 Å². The molecule has 0 aromatic rings. The van der Waals surface area contributed by atoms with E-state index in [9.17, 15) is 9.59 Å². The van der Waals surface area contributed by atoms with Crippen LogP contribution in [0.2, 0.25) is 0 Å². The molecule has 0 heterocycles. The summed E-state index contributed by atoms with van der Waals surface area (Å²) in [6, 6.07) is 0. The molecule has 1 amide bonds. The average Bonchev–Trinajstić information content (AvgIpc) is 2.46. The highest BCUT2D eigenvalue weighted by Crippen LogP contribution is 1.96. The highest BCUT2D eigenvalue weighted by Gasteiger charge is 2.11. The monoisotopic (exact) mass is 302 g/mol. The van der Waals surface area contributed by atoms with Crippen LogP contribution in [0.4, 0.5) is 4.79 Å². The van der Waals surface area contributed by atoms with E-state index in [4.69, 9.17) is 19.9 Å². The lowest BCUT2D eigenvalue weighted by Crippen LogP contribution is -2.32. The number of nitrogens with zero attached hydrogens (tertiary/aromatic N) is 1.